The van der Waals surface area contributed by atoms with Gasteiger partial charge in [0.1, 0.15) is 18.0 Å². The molecule has 0 bridgehead atoms. The molecule has 2 aromatic carbocycles. The minimum atomic E-state index is -0.978. The summed E-state index contributed by atoms with van der Waals surface area (Å²) in [5.41, 5.74) is 2.14. The number of esters is 1. The first kappa shape index (κ1) is 18.8. The molecule has 0 fully saturated rings. The van der Waals surface area contributed by atoms with Crippen molar-refractivity contribution < 1.29 is 19.4 Å². The van der Waals surface area contributed by atoms with Crippen molar-refractivity contribution in [3.05, 3.63) is 72.1 Å². The van der Waals surface area contributed by atoms with Gasteiger partial charge in [0.2, 0.25) is 0 Å². The highest BCUT2D eigenvalue weighted by Crippen LogP contribution is 2.20. The van der Waals surface area contributed by atoms with Gasteiger partial charge in [-0.05, 0) is 55.5 Å². The van der Waals surface area contributed by atoms with Crippen molar-refractivity contribution in [2.75, 3.05) is 17.2 Å². The first-order chi connectivity index (χ1) is 13.5. The van der Waals surface area contributed by atoms with E-state index in [1.54, 1.807) is 49.4 Å². The van der Waals surface area contributed by atoms with E-state index in [1.807, 2.05) is 0 Å². The fourth-order valence-electron chi connectivity index (χ4n) is 2.39. The number of rotatable bonds is 7. The number of anilines is 4. The van der Waals surface area contributed by atoms with Gasteiger partial charge in [-0.25, -0.2) is 19.6 Å². The van der Waals surface area contributed by atoms with E-state index >= 15 is 0 Å². The Morgan fingerprint density at radius 2 is 1.39 bits per heavy atom. The molecule has 3 N–H and O–H groups in total. The second-order valence-corrected chi connectivity index (χ2v) is 5.72. The minimum Gasteiger partial charge on any atom is -0.478 e. The van der Waals surface area contributed by atoms with E-state index in [9.17, 15) is 9.59 Å². The number of hydrogen-bond acceptors (Lipinski definition) is 7. The molecule has 0 saturated heterocycles. The Balaban J connectivity index is 1.67. The molecule has 0 aliphatic heterocycles. The Morgan fingerprint density at radius 1 is 0.893 bits per heavy atom. The number of ether oxygens (including phenoxy) is 1. The largest absolute Gasteiger partial charge is 0.478 e. The number of benzene rings is 2. The average Bonchev–Trinajstić information content (AvgIpc) is 2.69. The molecular formula is C20H18N4O4. The zero-order valence-electron chi connectivity index (χ0n) is 15.0. The number of carboxylic acids is 1. The van der Waals surface area contributed by atoms with Crippen LogP contribution in [0, 0.1) is 0 Å². The predicted octanol–water partition coefficient (Wildman–Crippen LogP) is 3.84. The van der Waals surface area contributed by atoms with Crippen LogP contribution in [0.2, 0.25) is 0 Å². The van der Waals surface area contributed by atoms with Gasteiger partial charge in [0.25, 0.3) is 0 Å². The standard InChI is InChI=1S/C20H18N4O4/c1-2-28-20(27)14-5-9-16(10-6-14)24-18-11-17(21-12-22-18)23-15-7-3-13(4-8-15)19(25)26/h3-12H,2H2,1H3,(H,25,26)(H2,21,22,23,24). The number of carbonyl (C=O) groups is 2. The summed E-state index contributed by atoms with van der Waals surface area (Å²) in [7, 11) is 0. The third-order valence-corrected chi connectivity index (χ3v) is 3.74. The van der Waals surface area contributed by atoms with E-state index in [4.69, 9.17) is 9.84 Å². The van der Waals surface area contributed by atoms with Gasteiger partial charge >= 0.3 is 11.9 Å². The van der Waals surface area contributed by atoms with Crippen LogP contribution in [0.5, 0.6) is 0 Å². The summed E-state index contributed by atoms with van der Waals surface area (Å²) in [6, 6.07) is 14.9. The second-order valence-electron chi connectivity index (χ2n) is 5.72. The van der Waals surface area contributed by atoms with Crippen LogP contribution >= 0.6 is 0 Å². The van der Waals surface area contributed by atoms with Gasteiger partial charge in [0.05, 0.1) is 17.7 Å². The van der Waals surface area contributed by atoms with Crippen molar-refractivity contribution in [1.82, 2.24) is 9.97 Å². The highest BCUT2D eigenvalue weighted by molar-refractivity contribution is 5.90. The third-order valence-electron chi connectivity index (χ3n) is 3.74. The summed E-state index contributed by atoms with van der Waals surface area (Å²) < 4.78 is 4.96. The Hall–Kier alpha value is -3.94. The fraction of sp³-hybridized carbons (Fsp3) is 0.100. The number of hydrogen-bond donors (Lipinski definition) is 3. The van der Waals surface area contributed by atoms with Crippen molar-refractivity contribution in [3.8, 4) is 0 Å². The Morgan fingerprint density at radius 3 is 1.86 bits per heavy atom. The van der Waals surface area contributed by atoms with Crippen LogP contribution in [0.3, 0.4) is 0 Å². The topological polar surface area (TPSA) is 113 Å². The van der Waals surface area contributed by atoms with E-state index in [0.29, 0.717) is 29.5 Å². The number of carbonyl (C=O) groups excluding carboxylic acids is 1. The second kappa shape index (κ2) is 8.63. The Kier molecular flexibility index (Phi) is 5.81. The number of nitrogens with zero attached hydrogens (tertiary/aromatic N) is 2. The minimum absolute atomic E-state index is 0.210. The predicted molar refractivity (Wildman–Crippen MR) is 104 cm³/mol. The van der Waals surface area contributed by atoms with Crippen LogP contribution < -0.4 is 10.6 Å². The van der Waals surface area contributed by atoms with Crippen molar-refractivity contribution >= 4 is 34.9 Å². The molecule has 0 spiro atoms. The van der Waals surface area contributed by atoms with Crippen LogP contribution in [0.25, 0.3) is 0 Å². The lowest BCUT2D eigenvalue weighted by molar-refractivity contribution is 0.0526. The van der Waals surface area contributed by atoms with Gasteiger partial charge in [-0.15, -0.1) is 0 Å². The summed E-state index contributed by atoms with van der Waals surface area (Å²) >= 11 is 0. The SMILES string of the molecule is CCOC(=O)c1ccc(Nc2cc(Nc3ccc(C(=O)O)cc3)ncn2)cc1. The zero-order chi connectivity index (χ0) is 19.9. The Labute approximate surface area is 161 Å². The van der Waals surface area contributed by atoms with E-state index in [1.165, 1.54) is 18.5 Å². The smallest absolute Gasteiger partial charge is 0.338 e. The summed E-state index contributed by atoms with van der Waals surface area (Å²) in [5, 5.41) is 15.2. The van der Waals surface area contributed by atoms with Crippen molar-refractivity contribution in [2.24, 2.45) is 0 Å². The van der Waals surface area contributed by atoms with Gasteiger partial charge in [-0.2, -0.15) is 0 Å². The molecular weight excluding hydrogens is 360 g/mol. The third kappa shape index (κ3) is 4.82. The van der Waals surface area contributed by atoms with Crippen LogP contribution in [0.1, 0.15) is 27.6 Å². The van der Waals surface area contributed by atoms with Crippen molar-refractivity contribution in [1.29, 1.82) is 0 Å². The van der Waals surface area contributed by atoms with Gasteiger partial charge in [0.15, 0.2) is 0 Å². The quantitative estimate of drug-likeness (QED) is 0.532. The molecule has 8 heteroatoms. The highest BCUT2D eigenvalue weighted by atomic mass is 16.5. The molecule has 1 heterocycles. The lowest BCUT2D eigenvalue weighted by atomic mass is 10.2. The summed E-state index contributed by atoms with van der Waals surface area (Å²) in [6.07, 6.45) is 1.41. The summed E-state index contributed by atoms with van der Waals surface area (Å²) in [4.78, 5) is 30.9. The Bertz CT molecular complexity index is 972. The maximum absolute atomic E-state index is 11.7. The molecule has 0 radical (unpaired) electrons. The summed E-state index contributed by atoms with van der Waals surface area (Å²) in [5.74, 6) is -0.238. The molecule has 0 saturated carbocycles. The van der Waals surface area contributed by atoms with Crippen LogP contribution in [0.4, 0.5) is 23.0 Å². The van der Waals surface area contributed by atoms with Gasteiger partial charge in [-0.3, -0.25) is 0 Å². The average molecular weight is 378 g/mol. The van der Waals surface area contributed by atoms with Crippen LogP contribution in [-0.2, 0) is 4.74 Å². The molecule has 8 nitrogen and oxygen atoms in total. The summed E-state index contributed by atoms with van der Waals surface area (Å²) in [6.45, 7) is 2.09. The molecule has 3 rings (SSSR count). The molecule has 28 heavy (non-hydrogen) atoms. The highest BCUT2D eigenvalue weighted by Gasteiger charge is 2.07. The molecule has 1 aromatic heterocycles. The van der Waals surface area contributed by atoms with E-state index in [0.717, 1.165) is 5.69 Å². The van der Waals surface area contributed by atoms with E-state index in [2.05, 4.69) is 20.6 Å². The van der Waals surface area contributed by atoms with Gasteiger partial charge in [0, 0.05) is 17.4 Å². The maximum atomic E-state index is 11.7. The first-order valence-corrected chi connectivity index (χ1v) is 8.52. The van der Waals surface area contributed by atoms with Crippen molar-refractivity contribution in [3.63, 3.8) is 0 Å². The molecule has 0 aliphatic rings. The number of carboxylic acid groups (broad SMARTS) is 1. The number of nitrogens with one attached hydrogen (secondary N) is 2. The lowest BCUT2D eigenvalue weighted by Crippen LogP contribution is -2.04. The van der Waals surface area contributed by atoms with E-state index < -0.39 is 5.97 Å². The molecule has 142 valence electrons. The normalized spacial score (nSPS) is 10.2. The van der Waals surface area contributed by atoms with E-state index in [-0.39, 0.29) is 11.5 Å². The lowest BCUT2D eigenvalue weighted by Gasteiger charge is -2.09. The molecule has 0 atom stereocenters. The first-order valence-electron chi connectivity index (χ1n) is 8.52. The molecule has 0 unspecified atom stereocenters. The monoisotopic (exact) mass is 378 g/mol. The number of aromatic carboxylic acids is 1. The molecule has 3 aromatic rings. The maximum Gasteiger partial charge on any atom is 0.338 e. The van der Waals surface area contributed by atoms with Gasteiger partial charge < -0.3 is 20.5 Å². The van der Waals surface area contributed by atoms with Crippen LogP contribution in [0.15, 0.2) is 60.9 Å². The van der Waals surface area contributed by atoms with Gasteiger partial charge in [-0.1, -0.05) is 0 Å². The number of aromatic nitrogens is 2. The molecule has 0 amide bonds. The fourth-order valence-corrected chi connectivity index (χ4v) is 2.39. The van der Waals surface area contributed by atoms with Crippen molar-refractivity contribution in [2.45, 2.75) is 6.92 Å². The zero-order valence-corrected chi connectivity index (χ0v) is 15.0. The molecule has 0 aliphatic carbocycles. The van der Waals surface area contributed by atoms with Crippen LogP contribution in [-0.4, -0.2) is 33.6 Å².